The second-order valence-corrected chi connectivity index (χ2v) is 5.21. The van der Waals surface area contributed by atoms with Crippen LogP contribution in [0.2, 0.25) is 0 Å². The minimum atomic E-state index is -0.123. The highest BCUT2D eigenvalue weighted by Crippen LogP contribution is 2.21. The summed E-state index contributed by atoms with van der Waals surface area (Å²) in [6.07, 6.45) is 4.13. The van der Waals surface area contributed by atoms with Gasteiger partial charge in [-0.3, -0.25) is 4.90 Å². The minimum absolute atomic E-state index is 0.123. The van der Waals surface area contributed by atoms with E-state index in [9.17, 15) is 9.50 Å². The molecule has 0 spiro atoms. The molecule has 2 rings (SSSR count). The molecule has 1 aliphatic heterocycles. The topological polar surface area (TPSA) is 23.5 Å². The monoisotopic (exact) mass is 251 g/mol. The molecule has 0 aliphatic carbocycles. The largest absolute Gasteiger partial charge is 0.395 e. The average Bonchev–Trinajstić information content (AvgIpc) is 2.41. The van der Waals surface area contributed by atoms with Crippen molar-refractivity contribution in [1.82, 2.24) is 4.90 Å². The quantitative estimate of drug-likeness (QED) is 0.889. The molecule has 2 nitrogen and oxygen atoms in total. The number of rotatable bonds is 4. The standard InChI is InChI=1S/C15H22FNO/c1-12(10-13-6-2-3-8-15(13)16)17-9-5-4-7-14(17)11-18/h2-3,6,8,12,14,18H,4-5,7,9-11H2,1H3/t12-,14-/m1/s1. The third kappa shape index (κ3) is 3.09. The Kier molecular flexibility index (Phi) is 4.72. The van der Waals surface area contributed by atoms with Crippen LogP contribution in [0.25, 0.3) is 0 Å². The minimum Gasteiger partial charge on any atom is -0.395 e. The Morgan fingerprint density at radius 1 is 1.39 bits per heavy atom. The smallest absolute Gasteiger partial charge is 0.126 e. The molecule has 0 radical (unpaired) electrons. The highest BCUT2D eigenvalue weighted by Gasteiger charge is 2.26. The number of aliphatic hydroxyl groups is 1. The molecule has 1 aromatic rings. The summed E-state index contributed by atoms with van der Waals surface area (Å²) in [5.74, 6) is -0.123. The number of piperidine rings is 1. The first-order chi connectivity index (χ1) is 8.72. The van der Waals surface area contributed by atoms with Gasteiger partial charge in [0.05, 0.1) is 6.61 Å². The number of nitrogens with zero attached hydrogens (tertiary/aromatic N) is 1. The van der Waals surface area contributed by atoms with Gasteiger partial charge in [0.1, 0.15) is 5.82 Å². The predicted octanol–water partition coefficient (Wildman–Crippen LogP) is 2.60. The molecule has 0 amide bonds. The van der Waals surface area contributed by atoms with Gasteiger partial charge in [-0.2, -0.15) is 0 Å². The van der Waals surface area contributed by atoms with Gasteiger partial charge in [0.25, 0.3) is 0 Å². The normalized spacial score (nSPS) is 22.9. The molecule has 0 unspecified atom stereocenters. The van der Waals surface area contributed by atoms with Crippen molar-refractivity contribution < 1.29 is 9.50 Å². The molecular weight excluding hydrogens is 229 g/mol. The van der Waals surface area contributed by atoms with Gasteiger partial charge in [0.2, 0.25) is 0 Å². The Labute approximate surface area is 108 Å². The fourth-order valence-electron chi connectivity index (χ4n) is 2.90. The van der Waals surface area contributed by atoms with E-state index in [1.54, 1.807) is 6.07 Å². The molecular formula is C15H22FNO. The summed E-state index contributed by atoms with van der Waals surface area (Å²) in [6.45, 7) is 3.35. The molecule has 2 atom stereocenters. The van der Waals surface area contributed by atoms with Gasteiger partial charge >= 0.3 is 0 Å². The molecule has 0 saturated carbocycles. The Morgan fingerprint density at radius 3 is 2.89 bits per heavy atom. The zero-order chi connectivity index (χ0) is 13.0. The number of likely N-dealkylation sites (tertiary alicyclic amines) is 1. The van der Waals surface area contributed by atoms with Gasteiger partial charge in [0.15, 0.2) is 0 Å². The molecule has 0 bridgehead atoms. The van der Waals surface area contributed by atoms with Crippen molar-refractivity contribution in [2.24, 2.45) is 0 Å². The SMILES string of the molecule is C[C@H](Cc1ccccc1F)N1CCCC[C@@H]1CO. The van der Waals surface area contributed by atoms with E-state index < -0.39 is 0 Å². The predicted molar refractivity (Wildman–Crippen MR) is 71.0 cm³/mol. The summed E-state index contributed by atoms with van der Waals surface area (Å²) in [5, 5.41) is 9.42. The first kappa shape index (κ1) is 13.5. The van der Waals surface area contributed by atoms with Crippen LogP contribution < -0.4 is 0 Å². The molecule has 3 heteroatoms. The molecule has 1 aromatic carbocycles. The van der Waals surface area contributed by atoms with Crippen LogP contribution >= 0.6 is 0 Å². The maximum Gasteiger partial charge on any atom is 0.126 e. The van der Waals surface area contributed by atoms with Gasteiger partial charge < -0.3 is 5.11 Å². The number of benzene rings is 1. The van der Waals surface area contributed by atoms with E-state index in [-0.39, 0.29) is 24.5 Å². The molecule has 1 heterocycles. The first-order valence-corrected chi connectivity index (χ1v) is 6.82. The van der Waals surface area contributed by atoms with Gasteiger partial charge in [-0.15, -0.1) is 0 Å². The lowest BCUT2D eigenvalue weighted by Gasteiger charge is -2.39. The number of halogens is 1. The van der Waals surface area contributed by atoms with Crippen LogP contribution in [0.3, 0.4) is 0 Å². The molecule has 1 fully saturated rings. The summed E-state index contributed by atoms with van der Waals surface area (Å²) in [7, 11) is 0. The average molecular weight is 251 g/mol. The summed E-state index contributed by atoms with van der Waals surface area (Å²) >= 11 is 0. The van der Waals surface area contributed by atoms with Crippen LogP contribution in [-0.4, -0.2) is 35.2 Å². The van der Waals surface area contributed by atoms with Crippen molar-refractivity contribution in [3.8, 4) is 0 Å². The second-order valence-electron chi connectivity index (χ2n) is 5.21. The van der Waals surface area contributed by atoms with Crippen molar-refractivity contribution in [1.29, 1.82) is 0 Å². The van der Waals surface area contributed by atoms with E-state index in [2.05, 4.69) is 11.8 Å². The first-order valence-electron chi connectivity index (χ1n) is 6.82. The molecule has 1 N–H and O–H groups in total. The van der Waals surface area contributed by atoms with Crippen LogP contribution in [0.4, 0.5) is 4.39 Å². The summed E-state index contributed by atoms with van der Waals surface area (Å²) in [4.78, 5) is 2.33. The fraction of sp³-hybridized carbons (Fsp3) is 0.600. The second kappa shape index (κ2) is 6.30. The molecule has 100 valence electrons. The lowest BCUT2D eigenvalue weighted by atomic mass is 9.97. The van der Waals surface area contributed by atoms with Crippen molar-refractivity contribution >= 4 is 0 Å². The number of hydrogen-bond acceptors (Lipinski definition) is 2. The van der Waals surface area contributed by atoms with Gasteiger partial charge in [-0.1, -0.05) is 24.6 Å². The zero-order valence-corrected chi connectivity index (χ0v) is 11.0. The van der Waals surface area contributed by atoms with E-state index >= 15 is 0 Å². The summed E-state index contributed by atoms with van der Waals surface area (Å²) in [6, 6.07) is 7.50. The van der Waals surface area contributed by atoms with E-state index in [4.69, 9.17) is 0 Å². The van der Waals surface area contributed by atoms with Crippen LogP contribution in [0.15, 0.2) is 24.3 Å². The maximum atomic E-state index is 13.6. The molecule has 18 heavy (non-hydrogen) atoms. The van der Waals surface area contributed by atoms with E-state index in [1.807, 2.05) is 12.1 Å². The van der Waals surface area contributed by atoms with Crippen LogP contribution in [-0.2, 0) is 6.42 Å². The summed E-state index contributed by atoms with van der Waals surface area (Å²) in [5.41, 5.74) is 0.771. The van der Waals surface area contributed by atoms with Crippen molar-refractivity contribution in [2.75, 3.05) is 13.2 Å². The third-order valence-corrected chi connectivity index (χ3v) is 3.92. The lowest BCUT2D eigenvalue weighted by Crippen LogP contribution is -2.47. The van der Waals surface area contributed by atoms with Crippen molar-refractivity contribution in [3.05, 3.63) is 35.6 Å². The third-order valence-electron chi connectivity index (χ3n) is 3.92. The van der Waals surface area contributed by atoms with Gasteiger partial charge in [-0.05, 0) is 44.4 Å². The van der Waals surface area contributed by atoms with E-state index in [0.717, 1.165) is 18.5 Å². The molecule has 1 aliphatic rings. The number of aliphatic hydroxyl groups excluding tert-OH is 1. The Bertz CT molecular complexity index is 383. The van der Waals surface area contributed by atoms with Gasteiger partial charge in [-0.25, -0.2) is 4.39 Å². The highest BCUT2D eigenvalue weighted by molar-refractivity contribution is 5.18. The maximum absolute atomic E-state index is 13.6. The van der Waals surface area contributed by atoms with E-state index in [0.29, 0.717) is 6.42 Å². The van der Waals surface area contributed by atoms with Gasteiger partial charge in [0, 0.05) is 12.1 Å². The lowest BCUT2D eigenvalue weighted by molar-refractivity contribution is 0.0589. The molecule has 0 aromatic heterocycles. The Hall–Kier alpha value is -0.930. The fourth-order valence-corrected chi connectivity index (χ4v) is 2.90. The zero-order valence-electron chi connectivity index (χ0n) is 11.0. The molecule has 1 saturated heterocycles. The number of hydrogen-bond donors (Lipinski definition) is 1. The Morgan fingerprint density at radius 2 is 2.17 bits per heavy atom. The van der Waals surface area contributed by atoms with Crippen molar-refractivity contribution in [2.45, 2.75) is 44.7 Å². The highest BCUT2D eigenvalue weighted by atomic mass is 19.1. The van der Waals surface area contributed by atoms with Crippen LogP contribution in [0.1, 0.15) is 31.7 Å². The Balaban J connectivity index is 2.02. The van der Waals surface area contributed by atoms with E-state index in [1.165, 1.54) is 18.9 Å². The van der Waals surface area contributed by atoms with Crippen LogP contribution in [0.5, 0.6) is 0 Å². The van der Waals surface area contributed by atoms with Crippen molar-refractivity contribution in [3.63, 3.8) is 0 Å². The summed E-state index contributed by atoms with van der Waals surface area (Å²) < 4.78 is 13.6. The van der Waals surface area contributed by atoms with Crippen LogP contribution in [0, 0.1) is 5.82 Å².